The zero-order valence-corrected chi connectivity index (χ0v) is 11.7. The Hall–Kier alpha value is -1.92. The third kappa shape index (κ3) is 3.79. The topological polar surface area (TPSA) is 124 Å². The number of fused-ring (bicyclic) bond motifs is 1. The van der Waals surface area contributed by atoms with Crippen LogP contribution in [0.4, 0.5) is 4.79 Å². The SMILES string of the molecule is CC(C)(C)OC(N)=O.O=CC1C2C(=O)CC(C(=O)O)C12. The maximum atomic E-state index is 11.1. The molecule has 0 aromatic heterocycles. The Morgan fingerprint density at radius 1 is 1.40 bits per heavy atom. The van der Waals surface area contributed by atoms with Crippen LogP contribution in [0.1, 0.15) is 27.2 Å². The van der Waals surface area contributed by atoms with Gasteiger partial charge in [0, 0.05) is 18.3 Å². The van der Waals surface area contributed by atoms with E-state index >= 15 is 0 Å². The maximum absolute atomic E-state index is 11.1. The van der Waals surface area contributed by atoms with Crippen LogP contribution in [0.3, 0.4) is 0 Å². The highest BCUT2D eigenvalue weighted by Crippen LogP contribution is 2.57. The van der Waals surface area contributed by atoms with Crippen molar-refractivity contribution >= 4 is 24.1 Å². The second-order valence-corrected chi connectivity index (χ2v) is 5.97. The summed E-state index contributed by atoms with van der Waals surface area (Å²) in [6.07, 6.45) is 0.106. The summed E-state index contributed by atoms with van der Waals surface area (Å²) in [7, 11) is 0. The second kappa shape index (κ2) is 5.60. The van der Waals surface area contributed by atoms with Gasteiger partial charge in [0.2, 0.25) is 0 Å². The predicted octanol–water partition coefficient (Wildman–Crippen LogP) is 0.601. The van der Waals surface area contributed by atoms with E-state index in [1.807, 2.05) is 0 Å². The van der Waals surface area contributed by atoms with Crippen molar-refractivity contribution in [2.75, 3.05) is 0 Å². The smallest absolute Gasteiger partial charge is 0.405 e. The van der Waals surface area contributed by atoms with Gasteiger partial charge in [0.1, 0.15) is 17.7 Å². The van der Waals surface area contributed by atoms with Crippen molar-refractivity contribution in [3.63, 3.8) is 0 Å². The molecule has 0 saturated heterocycles. The number of carbonyl (C=O) groups is 4. The van der Waals surface area contributed by atoms with Gasteiger partial charge in [-0.3, -0.25) is 9.59 Å². The molecule has 0 aliphatic heterocycles. The number of ketones is 1. The van der Waals surface area contributed by atoms with Crippen molar-refractivity contribution in [1.82, 2.24) is 0 Å². The number of rotatable bonds is 2. The molecule has 0 bridgehead atoms. The number of carboxylic acids is 1. The maximum Gasteiger partial charge on any atom is 0.405 e. The lowest BCUT2D eigenvalue weighted by Crippen LogP contribution is -2.27. The van der Waals surface area contributed by atoms with E-state index in [0.29, 0.717) is 6.29 Å². The third-order valence-corrected chi connectivity index (χ3v) is 3.27. The molecule has 7 nitrogen and oxygen atoms in total. The molecule has 2 aliphatic rings. The molecule has 0 aromatic carbocycles. The van der Waals surface area contributed by atoms with Gasteiger partial charge in [-0.05, 0) is 26.7 Å². The number of aldehydes is 1. The number of primary amides is 1. The Labute approximate surface area is 116 Å². The van der Waals surface area contributed by atoms with E-state index < -0.39 is 23.6 Å². The fraction of sp³-hybridized carbons (Fsp3) is 0.692. The molecule has 0 aromatic rings. The molecule has 4 atom stereocenters. The molecule has 7 heteroatoms. The first-order valence-corrected chi connectivity index (χ1v) is 6.27. The number of hydrogen-bond donors (Lipinski definition) is 2. The normalized spacial score (nSPS) is 30.6. The number of ether oxygens (including phenoxy) is 1. The Kier molecular flexibility index (Phi) is 4.52. The molecule has 2 fully saturated rings. The fourth-order valence-electron chi connectivity index (χ4n) is 2.52. The van der Waals surface area contributed by atoms with Crippen LogP contribution in [0.15, 0.2) is 0 Å². The molecule has 1 amide bonds. The molecular weight excluding hydrogens is 266 g/mol. The van der Waals surface area contributed by atoms with Crippen LogP contribution in [0, 0.1) is 23.7 Å². The van der Waals surface area contributed by atoms with Gasteiger partial charge in [-0.2, -0.15) is 0 Å². The van der Waals surface area contributed by atoms with E-state index in [1.54, 1.807) is 20.8 Å². The Balaban J connectivity index is 0.000000221. The number of aliphatic carboxylic acids is 1. The van der Waals surface area contributed by atoms with E-state index in [1.165, 1.54) is 0 Å². The highest BCUT2D eigenvalue weighted by atomic mass is 16.6. The summed E-state index contributed by atoms with van der Waals surface area (Å²) in [4.78, 5) is 42.0. The molecule has 3 N–H and O–H groups in total. The van der Waals surface area contributed by atoms with Gasteiger partial charge in [-0.15, -0.1) is 0 Å². The average molecular weight is 285 g/mol. The standard InChI is InChI=1S/C8H8O4.C5H11NO2/c9-2-4-6-3(8(11)12)1-5(10)7(4)6;1-5(2,3)8-4(6)7/h2-4,6-7H,1H2,(H,11,12);1-3H3,(H2,6,7). The molecule has 4 unspecified atom stereocenters. The predicted molar refractivity (Wildman–Crippen MR) is 67.7 cm³/mol. The second-order valence-electron chi connectivity index (χ2n) is 5.97. The summed E-state index contributed by atoms with van der Waals surface area (Å²) < 4.78 is 4.58. The largest absolute Gasteiger partial charge is 0.481 e. The summed E-state index contributed by atoms with van der Waals surface area (Å²) in [6, 6.07) is 0. The number of hydrogen-bond acceptors (Lipinski definition) is 5. The number of carboxylic acid groups (broad SMARTS) is 1. The Morgan fingerprint density at radius 3 is 2.20 bits per heavy atom. The number of amides is 1. The van der Waals surface area contributed by atoms with E-state index in [4.69, 9.17) is 10.8 Å². The van der Waals surface area contributed by atoms with Crippen LogP contribution in [0.25, 0.3) is 0 Å². The Morgan fingerprint density at radius 2 is 1.95 bits per heavy atom. The van der Waals surface area contributed by atoms with Gasteiger partial charge in [0.15, 0.2) is 0 Å². The number of Topliss-reactive ketones (excluding diaryl/α,β-unsaturated/α-hetero) is 1. The van der Waals surface area contributed by atoms with E-state index in [2.05, 4.69) is 4.74 Å². The van der Waals surface area contributed by atoms with Crippen molar-refractivity contribution < 1.29 is 29.0 Å². The van der Waals surface area contributed by atoms with Crippen molar-refractivity contribution in [3.05, 3.63) is 0 Å². The molecule has 112 valence electrons. The Bertz CT molecular complexity index is 439. The zero-order chi connectivity index (χ0) is 15.7. The average Bonchev–Trinajstić information content (AvgIpc) is 2.87. The zero-order valence-electron chi connectivity index (χ0n) is 11.7. The lowest BCUT2D eigenvalue weighted by molar-refractivity contribution is -0.143. The van der Waals surface area contributed by atoms with Gasteiger partial charge in [0.05, 0.1) is 5.92 Å². The lowest BCUT2D eigenvalue weighted by Gasteiger charge is -2.16. The van der Waals surface area contributed by atoms with Crippen molar-refractivity contribution in [2.45, 2.75) is 32.8 Å². The molecular formula is C13H19NO6. The van der Waals surface area contributed by atoms with Gasteiger partial charge in [0.25, 0.3) is 0 Å². The van der Waals surface area contributed by atoms with Crippen molar-refractivity contribution in [1.29, 1.82) is 0 Å². The number of nitrogens with two attached hydrogens (primary N) is 1. The molecule has 2 rings (SSSR count). The summed E-state index contributed by atoms with van der Waals surface area (Å²) in [5.74, 6) is -2.34. The van der Waals surface area contributed by atoms with Crippen LogP contribution < -0.4 is 5.73 Å². The molecule has 0 radical (unpaired) electrons. The highest BCUT2D eigenvalue weighted by Gasteiger charge is 2.64. The van der Waals surface area contributed by atoms with Gasteiger partial charge < -0.3 is 20.4 Å². The van der Waals surface area contributed by atoms with E-state index in [-0.39, 0.29) is 30.0 Å². The van der Waals surface area contributed by atoms with Crippen molar-refractivity contribution in [2.24, 2.45) is 29.4 Å². The first-order valence-electron chi connectivity index (χ1n) is 6.27. The summed E-state index contributed by atoms with van der Waals surface area (Å²) >= 11 is 0. The first-order chi connectivity index (χ1) is 9.08. The van der Waals surface area contributed by atoms with Crippen LogP contribution in [-0.4, -0.2) is 34.8 Å². The summed E-state index contributed by atoms with van der Waals surface area (Å²) in [6.45, 7) is 5.28. The van der Waals surface area contributed by atoms with E-state index in [9.17, 15) is 19.2 Å². The van der Waals surface area contributed by atoms with Gasteiger partial charge >= 0.3 is 12.1 Å². The molecule has 0 heterocycles. The van der Waals surface area contributed by atoms with E-state index in [0.717, 1.165) is 0 Å². The van der Waals surface area contributed by atoms with Gasteiger partial charge in [-0.1, -0.05) is 0 Å². The van der Waals surface area contributed by atoms with Crippen LogP contribution >= 0.6 is 0 Å². The third-order valence-electron chi connectivity index (χ3n) is 3.27. The minimum atomic E-state index is -0.944. The van der Waals surface area contributed by atoms with Crippen molar-refractivity contribution in [3.8, 4) is 0 Å². The van der Waals surface area contributed by atoms with Crippen LogP contribution in [-0.2, 0) is 19.1 Å². The quantitative estimate of drug-likeness (QED) is 0.716. The fourth-order valence-corrected chi connectivity index (χ4v) is 2.52. The monoisotopic (exact) mass is 285 g/mol. The first kappa shape index (κ1) is 16.1. The lowest BCUT2D eigenvalue weighted by atomic mass is 10.0. The summed E-state index contributed by atoms with van der Waals surface area (Å²) in [5.41, 5.74) is 4.26. The highest BCUT2D eigenvalue weighted by molar-refractivity contribution is 5.96. The molecule has 2 saturated carbocycles. The molecule has 20 heavy (non-hydrogen) atoms. The van der Waals surface area contributed by atoms with Crippen LogP contribution in [0.2, 0.25) is 0 Å². The number of carbonyl (C=O) groups excluding carboxylic acids is 3. The van der Waals surface area contributed by atoms with Crippen LogP contribution in [0.5, 0.6) is 0 Å². The summed E-state index contributed by atoms with van der Waals surface area (Å²) in [5, 5.41) is 8.67. The molecule has 2 aliphatic carbocycles. The molecule has 0 spiro atoms. The van der Waals surface area contributed by atoms with Gasteiger partial charge in [-0.25, -0.2) is 4.79 Å². The minimum Gasteiger partial charge on any atom is -0.481 e. The minimum absolute atomic E-state index is 0.0514.